The topological polar surface area (TPSA) is 38.5 Å². The van der Waals surface area contributed by atoms with Crippen molar-refractivity contribution >= 4 is 19.7 Å². The minimum absolute atomic E-state index is 0.142. The van der Waals surface area contributed by atoms with Crippen LogP contribution in [0.3, 0.4) is 0 Å². The van der Waals surface area contributed by atoms with Gasteiger partial charge >= 0.3 is 0 Å². The van der Waals surface area contributed by atoms with E-state index in [1.165, 1.54) is 11.3 Å². The number of hydrogen-bond acceptors (Lipinski definition) is 3. The van der Waals surface area contributed by atoms with Crippen molar-refractivity contribution in [3.8, 4) is 0 Å². The van der Waals surface area contributed by atoms with Crippen LogP contribution >= 0.6 is 0 Å². The summed E-state index contributed by atoms with van der Waals surface area (Å²) in [4.78, 5) is 2.39. The minimum Gasteiger partial charge on any atom is -0.417 e. The first-order chi connectivity index (χ1) is 9.51. The summed E-state index contributed by atoms with van der Waals surface area (Å²) >= 11 is 0. The zero-order valence-electron chi connectivity index (χ0n) is 14.6. The predicted molar refractivity (Wildman–Crippen MR) is 94.7 cm³/mol. The van der Waals surface area contributed by atoms with Gasteiger partial charge in [0.2, 0.25) is 0 Å². The summed E-state index contributed by atoms with van der Waals surface area (Å²) in [6, 6.07) is 4.39. The fourth-order valence-electron chi connectivity index (χ4n) is 3.02. The lowest BCUT2D eigenvalue weighted by Gasteiger charge is -2.46. The van der Waals surface area contributed by atoms with Crippen LogP contribution in [-0.2, 0) is 4.43 Å². The zero-order valence-corrected chi connectivity index (χ0v) is 15.6. The van der Waals surface area contributed by atoms with E-state index in [0.29, 0.717) is 5.92 Å². The van der Waals surface area contributed by atoms with Crippen molar-refractivity contribution in [3.05, 3.63) is 23.3 Å². The standard InChI is InChI=1S/C17H30N2OSi/c1-12-8-16-14(9-15(12)18)13(11-20-21(5,6)7)10-17(2,3)19(16)4/h8-9,13H,10-11,18H2,1-7H3. The molecule has 0 radical (unpaired) electrons. The summed E-state index contributed by atoms with van der Waals surface area (Å²) in [5.41, 5.74) is 11.0. The van der Waals surface area contributed by atoms with Crippen LogP contribution in [0, 0.1) is 6.92 Å². The van der Waals surface area contributed by atoms with Gasteiger partial charge in [-0.15, -0.1) is 0 Å². The maximum atomic E-state index is 6.20. The molecule has 1 aromatic rings. The number of rotatable bonds is 3. The van der Waals surface area contributed by atoms with Gasteiger partial charge < -0.3 is 15.1 Å². The Labute approximate surface area is 130 Å². The Kier molecular flexibility index (Phi) is 4.15. The van der Waals surface area contributed by atoms with Gasteiger partial charge in [0.05, 0.1) is 0 Å². The highest BCUT2D eigenvalue weighted by Crippen LogP contribution is 2.44. The van der Waals surface area contributed by atoms with Crippen LogP contribution in [0.2, 0.25) is 19.6 Å². The van der Waals surface area contributed by atoms with Gasteiger partial charge in [0, 0.05) is 36.5 Å². The Bertz CT molecular complexity index is 534. The van der Waals surface area contributed by atoms with Gasteiger partial charge in [0.25, 0.3) is 0 Å². The highest BCUT2D eigenvalue weighted by Gasteiger charge is 2.37. The third-order valence-corrected chi connectivity index (χ3v) is 5.62. The molecular weight excluding hydrogens is 276 g/mol. The summed E-state index contributed by atoms with van der Waals surface area (Å²) in [5.74, 6) is 0.431. The Morgan fingerprint density at radius 3 is 2.52 bits per heavy atom. The molecule has 1 aliphatic rings. The smallest absolute Gasteiger partial charge is 0.183 e. The van der Waals surface area contributed by atoms with E-state index < -0.39 is 8.32 Å². The van der Waals surface area contributed by atoms with Gasteiger partial charge in [0.15, 0.2) is 8.32 Å². The van der Waals surface area contributed by atoms with E-state index in [0.717, 1.165) is 24.3 Å². The lowest BCUT2D eigenvalue weighted by atomic mass is 9.79. The molecule has 0 bridgehead atoms. The normalized spacial score (nSPS) is 21.3. The molecule has 3 nitrogen and oxygen atoms in total. The van der Waals surface area contributed by atoms with E-state index in [9.17, 15) is 0 Å². The van der Waals surface area contributed by atoms with E-state index >= 15 is 0 Å². The van der Waals surface area contributed by atoms with Crippen LogP contribution in [0.4, 0.5) is 11.4 Å². The maximum Gasteiger partial charge on any atom is 0.183 e. The number of fused-ring (bicyclic) bond motifs is 1. The van der Waals surface area contributed by atoms with Crippen molar-refractivity contribution < 1.29 is 4.43 Å². The van der Waals surface area contributed by atoms with E-state index in [4.69, 9.17) is 10.2 Å². The molecule has 1 unspecified atom stereocenters. The predicted octanol–water partition coefficient (Wildman–Crippen LogP) is 4.13. The number of hydrogen-bond donors (Lipinski definition) is 1. The molecule has 1 heterocycles. The van der Waals surface area contributed by atoms with Crippen LogP contribution < -0.4 is 10.6 Å². The van der Waals surface area contributed by atoms with Crippen LogP contribution in [0.25, 0.3) is 0 Å². The van der Waals surface area contributed by atoms with Gasteiger partial charge in [-0.05, 0) is 70.1 Å². The highest BCUT2D eigenvalue weighted by molar-refractivity contribution is 6.69. The summed E-state index contributed by atoms with van der Waals surface area (Å²) in [5, 5.41) is 0. The third kappa shape index (κ3) is 3.43. The minimum atomic E-state index is -1.50. The Morgan fingerprint density at radius 2 is 1.95 bits per heavy atom. The average Bonchev–Trinajstić information content (AvgIpc) is 2.34. The first-order valence-corrected chi connectivity index (χ1v) is 11.2. The quantitative estimate of drug-likeness (QED) is 0.674. The first kappa shape index (κ1) is 16.4. The molecule has 0 saturated carbocycles. The van der Waals surface area contributed by atoms with Crippen molar-refractivity contribution in [1.29, 1.82) is 0 Å². The molecule has 118 valence electrons. The number of nitrogen functional groups attached to an aromatic ring is 1. The van der Waals surface area contributed by atoms with E-state index in [1.54, 1.807) is 0 Å². The Hall–Kier alpha value is -1.00. The summed E-state index contributed by atoms with van der Waals surface area (Å²) in [6.45, 7) is 14.2. The maximum absolute atomic E-state index is 6.20. The van der Waals surface area contributed by atoms with Crippen molar-refractivity contribution in [1.82, 2.24) is 0 Å². The third-order valence-electron chi connectivity index (χ3n) is 4.59. The van der Waals surface area contributed by atoms with Crippen molar-refractivity contribution in [2.24, 2.45) is 0 Å². The van der Waals surface area contributed by atoms with Crippen LogP contribution in [0.1, 0.15) is 37.3 Å². The molecule has 0 aromatic heterocycles. The molecule has 4 heteroatoms. The van der Waals surface area contributed by atoms with Crippen molar-refractivity contribution in [3.63, 3.8) is 0 Å². The number of anilines is 2. The molecule has 0 spiro atoms. The van der Waals surface area contributed by atoms with Crippen LogP contribution in [-0.4, -0.2) is 27.5 Å². The molecule has 1 aliphatic heterocycles. The zero-order chi connectivity index (χ0) is 16.0. The number of nitrogens with zero attached hydrogens (tertiary/aromatic N) is 1. The molecule has 21 heavy (non-hydrogen) atoms. The molecule has 0 fully saturated rings. The second-order valence-corrected chi connectivity index (χ2v) is 12.5. The second kappa shape index (κ2) is 5.32. The lowest BCUT2D eigenvalue weighted by molar-refractivity contribution is 0.246. The highest BCUT2D eigenvalue weighted by atomic mass is 28.4. The fourth-order valence-corrected chi connectivity index (χ4v) is 3.72. The van der Waals surface area contributed by atoms with E-state index in [2.05, 4.69) is 64.5 Å². The monoisotopic (exact) mass is 306 g/mol. The lowest BCUT2D eigenvalue weighted by Crippen LogP contribution is -2.47. The Balaban J connectivity index is 2.40. The van der Waals surface area contributed by atoms with Gasteiger partial charge in [-0.1, -0.05) is 0 Å². The molecule has 0 saturated heterocycles. The molecule has 1 aromatic carbocycles. The number of aryl methyl sites for hydroxylation is 1. The van der Waals surface area contributed by atoms with Crippen molar-refractivity contribution in [2.75, 3.05) is 24.3 Å². The average molecular weight is 307 g/mol. The molecule has 0 aliphatic carbocycles. The van der Waals surface area contributed by atoms with E-state index in [-0.39, 0.29) is 5.54 Å². The number of benzene rings is 1. The van der Waals surface area contributed by atoms with Gasteiger partial charge in [-0.3, -0.25) is 0 Å². The molecule has 1 atom stereocenters. The SMILES string of the molecule is Cc1cc2c(cc1N)C(CO[Si](C)(C)C)CC(C)(C)N2C. The summed E-state index contributed by atoms with van der Waals surface area (Å²) < 4.78 is 6.20. The molecule has 2 rings (SSSR count). The van der Waals surface area contributed by atoms with E-state index in [1.807, 2.05) is 0 Å². The fraction of sp³-hybridized carbons (Fsp3) is 0.647. The van der Waals surface area contributed by atoms with Gasteiger partial charge in [-0.25, -0.2) is 0 Å². The first-order valence-electron chi connectivity index (χ1n) is 7.79. The van der Waals surface area contributed by atoms with Gasteiger partial charge in [0.1, 0.15) is 0 Å². The Morgan fingerprint density at radius 1 is 1.33 bits per heavy atom. The molecule has 2 N–H and O–H groups in total. The van der Waals surface area contributed by atoms with Crippen molar-refractivity contribution in [2.45, 2.75) is 58.3 Å². The summed E-state index contributed by atoms with van der Waals surface area (Å²) in [7, 11) is 0.689. The van der Waals surface area contributed by atoms with Crippen LogP contribution in [0.15, 0.2) is 12.1 Å². The molecule has 0 amide bonds. The van der Waals surface area contributed by atoms with Gasteiger partial charge in [-0.2, -0.15) is 0 Å². The summed E-state index contributed by atoms with van der Waals surface area (Å²) in [6.07, 6.45) is 1.10. The second-order valence-electron chi connectivity index (χ2n) is 7.96. The van der Waals surface area contributed by atoms with Crippen LogP contribution in [0.5, 0.6) is 0 Å². The number of nitrogens with two attached hydrogens (primary N) is 1. The largest absolute Gasteiger partial charge is 0.417 e. The molecular formula is C17H30N2OSi.